The highest BCUT2D eigenvalue weighted by Crippen LogP contribution is 2.17. The van der Waals surface area contributed by atoms with Crippen molar-refractivity contribution in [3.8, 4) is 0 Å². The summed E-state index contributed by atoms with van der Waals surface area (Å²) in [5, 5.41) is 8.23. The molecule has 1 aromatic heterocycles. The molecule has 2 heterocycles. The van der Waals surface area contributed by atoms with Crippen LogP contribution in [-0.4, -0.2) is 56.1 Å². The van der Waals surface area contributed by atoms with E-state index in [9.17, 15) is 0 Å². The number of piperidine rings is 1. The summed E-state index contributed by atoms with van der Waals surface area (Å²) in [6.07, 6.45) is 5.70. The van der Waals surface area contributed by atoms with Gasteiger partial charge in [0.05, 0.1) is 0 Å². The lowest BCUT2D eigenvalue weighted by Crippen LogP contribution is -2.44. The number of rotatable bonds is 5. The van der Waals surface area contributed by atoms with Crippen LogP contribution in [0.1, 0.15) is 18.4 Å². The normalized spacial score (nSPS) is 19.6. The van der Waals surface area contributed by atoms with Crippen molar-refractivity contribution in [2.24, 2.45) is 10.9 Å². The Labute approximate surface area is 144 Å². The van der Waals surface area contributed by atoms with Crippen molar-refractivity contribution in [3.63, 3.8) is 0 Å². The Morgan fingerprint density at radius 3 is 3.04 bits per heavy atom. The Kier molecular flexibility index (Phi) is 5.75. The summed E-state index contributed by atoms with van der Waals surface area (Å²) >= 11 is 0. The number of H-pyrrole nitrogens is 1. The fourth-order valence-corrected chi connectivity index (χ4v) is 3.56. The van der Waals surface area contributed by atoms with E-state index in [1.54, 1.807) is 0 Å². The second-order valence-corrected chi connectivity index (χ2v) is 6.76. The van der Waals surface area contributed by atoms with E-state index >= 15 is 0 Å². The molecule has 130 valence electrons. The summed E-state index contributed by atoms with van der Waals surface area (Å²) in [6, 6.07) is 8.45. The number of para-hydroxylation sites is 1. The zero-order valence-corrected chi connectivity index (χ0v) is 14.8. The zero-order chi connectivity index (χ0) is 16.8. The summed E-state index contributed by atoms with van der Waals surface area (Å²) in [6.45, 7) is 4.29. The average molecular weight is 327 g/mol. The highest BCUT2D eigenvalue weighted by molar-refractivity contribution is 5.83. The fraction of sp³-hybridized carbons (Fsp3) is 0.526. The van der Waals surface area contributed by atoms with Gasteiger partial charge in [-0.3, -0.25) is 4.99 Å². The molecule has 5 nitrogen and oxygen atoms in total. The molecule has 0 aliphatic carbocycles. The number of hydrogen-bond acceptors (Lipinski definition) is 2. The van der Waals surface area contributed by atoms with Gasteiger partial charge >= 0.3 is 0 Å². The van der Waals surface area contributed by atoms with Crippen molar-refractivity contribution in [1.29, 1.82) is 0 Å². The molecule has 1 atom stereocenters. The molecule has 0 amide bonds. The molecule has 5 heteroatoms. The number of benzene rings is 1. The van der Waals surface area contributed by atoms with Gasteiger partial charge < -0.3 is 20.5 Å². The van der Waals surface area contributed by atoms with Crippen molar-refractivity contribution in [1.82, 2.24) is 20.5 Å². The Morgan fingerprint density at radius 2 is 2.21 bits per heavy atom. The van der Waals surface area contributed by atoms with Crippen molar-refractivity contribution < 1.29 is 0 Å². The van der Waals surface area contributed by atoms with Gasteiger partial charge in [-0.1, -0.05) is 18.2 Å². The Balaban J connectivity index is 1.44. The minimum atomic E-state index is 0.718. The van der Waals surface area contributed by atoms with E-state index in [-0.39, 0.29) is 0 Å². The number of nitrogens with zero attached hydrogens (tertiary/aromatic N) is 2. The first-order valence-corrected chi connectivity index (χ1v) is 8.94. The van der Waals surface area contributed by atoms with Gasteiger partial charge in [-0.15, -0.1) is 0 Å². The number of guanidine groups is 1. The molecule has 1 aliphatic heterocycles. The van der Waals surface area contributed by atoms with Gasteiger partial charge in [0.15, 0.2) is 5.96 Å². The van der Waals surface area contributed by atoms with Crippen molar-refractivity contribution >= 4 is 16.9 Å². The first-order valence-electron chi connectivity index (χ1n) is 8.94. The van der Waals surface area contributed by atoms with Gasteiger partial charge in [-0.05, 0) is 50.4 Å². The second-order valence-electron chi connectivity index (χ2n) is 6.76. The van der Waals surface area contributed by atoms with Crippen LogP contribution in [0.25, 0.3) is 10.9 Å². The van der Waals surface area contributed by atoms with Crippen LogP contribution < -0.4 is 10.6 Å². The minimum absolute atomic E-state index is 0.718. The monoisotopic (exact) mass is 327 g/mol. The predicted molar refractivity (Wildman–Crippen MR) is 102 cm³/mol. The van der Waals surface area contributed by atoms with Gasteiger partial charge in [0, 0.05) is 43.8 Å². The van der Waals surface area contributed by atoms with Crippen molar-refractivity contribution in [2.75, 3.05) is 40.3 Å². The Hall–Kier alpha value is -2.01. The van der Waals surface area contributed by atoms with E-state index in [4.69, 9.17) is 0 Å². The van der Waals surface area contributed by atoms with Crippen LogP contribution in [0.15, 0.2) is 35.5 Å². The standard InChI is InChI=1S/C19H29N5/c1-20-19(23-12-15-6-5-11-24(2)14-15)21-10-9-16-13-22-18-8-4-3-7-17(16)18/h3-4,7-8,13,15,22H,5-6,9-12,14H2,1-2H3,(H2,20,21,23). The van der Waals surface area contributed by atoms with Gasteiger partial charge in [0.25, 0.3) is 0 Å². The van der Waals surface area contributed by atoms with Crippen LogP contribution in [0.5, 0.6) is 0 Å². The van der Waals surface area contributed by atoms with Gasteiger partial charge in [0.1, 0.15) is 0 Å². The Bertz CT molecular complexity index is 675. The van der Waals surface area contributed by atoms with E-state index < -0.39 is 0 Å². The molecule has 1 fully saturated rings. The summed E-state index contributed by atoms with van der Waals surface area (Å²) < 4.78 is 0. The molecule has 1 unspecified atom stereocenters. The van der Waals surface area contributed by atoms with E-state index in [0.29, 0.717) is 0 Å². The number of aromatic amines is 1. The smallest absolute Gasteiger partial charge is 0.190 e. The van der Waals surface area contributed by atoms with Gasteiger partial charge in [-0.25, -0.2) is 0 Å². The molecule has 1 aromatic carbocycles. The summed E-state index contributed by atoms with van der Waals surface area (Å²) in [5.74, 6) is 1.62. The lowest BCUT2D eigenvalue weighted by molar-refractivity contribution is 0.210. The largest absolute Gasteiger partial charge is 0.361 e. The number of hydrogen-bond donors (Lipinski definition) is 3. The number of aliphatic imine (C=N–C) groups is 1. The Morgan fingerprint density at radius 1 is 1.33 bits per heavy atom. The van der Waals surface area contributed by atoms with E-state index in [1.807, 2.05) is 7.05 Å². The molecular formula is C19H29N5. The molecule has 0 saturated carbocycles. The average Bonchev–Trinajstić information content (AvgIpc) is 3.01. The summed E-state index contributed by atoms with van der Waals surface area (Å²) in [7, 11) is 4.05. The highest BCUT2D eigenvalue weighted by Gasteiger charge is 2.17. The first-order chi connectivity index (χ1) is 11.8. The third-order valence-electron chi connectivity index (χ3n) is 4.87. The summed E-state index contributed by atoms with van der Waals surface area (Å²) in [4.78, 5) is 10.1. The number of aromatic nitrogens is 1. The zero-order valence-electron chi connectivity index (χ0n) is 14.8. The third kappa shape index (κ3) is 4.29. The van der Waals surface area contributed by atoms with Crippen LogP contribution in [0.4, 0.5) is 0 Å². The predicted octanol–water partition coefficient (Wildman–Crippen LogP) is 2.22. The lowest BCUT2D eigenvalue weighted by atomic mass is 9.99. The van der Waals surface area contributed by atoms with Gasteiger partial charge in [-0.2, -0.15) is 0 Å². The molecule has 1 saturated heterocycles. The quantitative estimate of drug-likeness (QED) is 0.583. The number of fused-ring (bicyclic) bond motifs is 1. The van der Waals surface area contributed by atoms with Crippen molar-refractivity contribution in [2.45, 2.75) is 19.3 Å². The maximum Gasteiger partial charge on any atom is 0.190 e. The highest BCUT2D eigenvalue weighted by atomic mass is 15.2. The van der Waals surface area contributed by atoms with E-state index in [1.165, 1.54) is 42.4 Å². The molecule has 0 radical (unpaired) electrons. The number of nitrogens with one attached hydrogen (secondary N) is 3. The van der Waals surface area contributed by atoms with Crippen LogP contribution in [0.2, 0.25) is 0 Å². The minimum Gasteiger partial charge on any atom is -0.361 e. The fourth-order valence-electron chi connectivity index (χ4n) is 3.56. The number of likely N-dealkylation sites (tertiary alicyclic amines) is 1. The van der Waals surface area contributed by atoms with Crippen LogP contribution in [0, 0.1) is 5.92 Å². The maximum absolute atomic E-state index is 4.35. The van der Waals surface area contributed by atoms with Crippen LogP contribution in [0.3, 0.4) is 0 Å². The van der Waals surface area contributed by atoms with Crippen molar-refractivity contribution in [3.05, 3.63) is 36.0 Å². The molecule has 1 aliphatic rings. The van der Waals surface area contributed by atoms with E-state index in [0.717, 1.165) is 31.4 Å². The SMILES string of the molecule is CN=C(NCCc1c[nH]c2ccccc12)NCC1CCCN(C)C1. The lowest BCUT2D eigenvalue weighted by Gasteiger charge is -2.30. The molecule has 3 rings (SSSR count). The van der Waals surface area contributed by atoms with Crippen LogP contribution in [-0.2, 0) is 6.42 Å². The molecule has 2 aromatic rings. The first kappa shape index (κ1) is 16.8. The maximum atomic E-state index is 4.35. The molecule has 0 spiro atoms. The molecule has 3 N–H and O–H groups in total. The van der Waals surface area contributed by atoms with E-state index in [2.05, 4.69) is 63.0 Å². The molecular weight excluding hydrogens is 298 g/mol. The topological polar surface area (TPSA) is 55.5 Å². The molecule has 24 heavy (non-hydrogen) atoms. The summed E-state index contributed by atoms with van der Waals surface area (Å²) in [5.41, 5.74) is 2.55. The second kappa shape index (κ2) is 8.20. The van der Waals surface area contributed by atoms with Gasteiger partial charge in [0.2, 0.25) is 0 Å². The molecule has 0 bridgehead atoms. The third-order valence-corrected chi connectivity index (χ3v) is 4.87. The van der Waals surface area contributed by atoms with Crippen LogP contribution >= 0.6 is 0 Å².